The van der Waals surface area contributed by atoms with Gasteiger partial charge in [0.2, 0.25) is 0 Å². The first kappa shape index (κ1) is 28.5. The summed E-state index contributed by atoms with van der Waals surface area (Å²) in [5.74, 6) is -1.38. The summed E-state index contributed by atoms with van der Waals surface area (Å²) in [5.41, 5.74) is 0. The Hall–Kier alpha value is 0.420. The molecule has 12 nitrogen and oxygen atoms in total. The molecule has 0 radical (unpaired) electrons. The van der Waals surface area contributed by atoms with E-state index in [4.69, 9.17) is 18.9 Å². The van der Waals surface area contributed by atoms with Crippen molar-refractivity contribution in [2.75, 3.05) is 19.5 Å². The number of hydrogen-bond donors (Lipinski definition) is 6. The van der Waals surface area contributed by atoms with E-state index in [2.05, 4.69) is 0 Å². The zero-order valence-electron chi connectivity index (χ0n) is 16.8. The van der Waals surface area contributed by atoms with Crippen LogP contribution in [-0.2, 0) is 23.7 Å². The zero-order chi connectivity index (χ0) is 21.9. The molecule has 0 aromatic carbocycles. The third kappa shape index (κ3) is 6.48. The number of carboxylic acid groups (broad SMARTS) is 1. The van der Waals surface area contributed by atoms with E-state index in [1.165, 1.54) is 14.0 Å². The largest absolute Gasteiger partial charge is 1.00 e. The van der Waals surface area contributed by atoms with E-state index in [0.717, 1.165) is 11.8 Å². The first-order valence-corrected chi connectivity index (χ1v) is 10.00. The van der Waals surface area contributed by atoms with Gasteiger partial charge in [-0.05, 0) is 6.92 Å². The topological polar surface area (TPSA) is 198 Å². The summed E-state index contributed by atoms with van der Waals surface area (Å²) >= 11 is 0.889. The van der Waals surface area contributed by atoms with Gasteiger partial charge in [-0.2, -0.15) is 0 Å². The summed E-state index contributed by atoms with van der Waals surface area (Å²) in [4.78, 5) is 10.8. The van der Waals surface area contributed by atoms with Gasteiger partial charge in [0.05, 0.1) is 18.7 Å². The number of carbonyl (C=O) groups is 1. The molecule has 2 saturated heterocycles. The summed E-state index contributed by atoms with van der Waals surface area (Å²) in [6, 6.07) is 0. The molecule has 6 N–H and O–H groups in total. The van der Waals surface area contributed by atoms with Crippen LogP contribution in [0.3, 0.4) is 0 Å². The average molecular weight is 466 g/mol. The predicted molar refractivity (Wildman–Crippen MR) is 93.3 cm³/mol. The van der Waals surface area contributed by atoms with Gasteiger partial charge in [0.15, 0.2) is 12.6 Å². The Balaban J connectivity index is 0.00000450. The van der Waals surface area contributed by atoms with Crippen molar-refractivity contribution in [2.24, 2.45) is 0 Å². The molecule has 170 valence electrons. The predicted octanol–water partition coefficient (Wildman–Crippen LogP) is -7.86. The van der Waals surface area contributed by atoms with Crippen LogP contribution in [-0.4, -0.2) is 123 Å². The van der Waals surface area contributed by atoms with Crippen molar-refractivity contribution in [1.82, 2.24) is 0 Å². The standard InChI is InChI=1S/C16H28O12S.Na/c1-5(14(23)24)29-4-7-8(18)9(19)11(21)16(27-7)28-13-6(3-17)26-15(25-2)12(22)10(13)20;/h5-13,15-22H,3-4H2,1-2H3,(H,23,24);/q;+1/p-1/t5?,6-,7-,8-,9-,10+,11-,12-,13+,15+,16-;/m0./s1. The van der Waals surface area contributed by atoms with Gasteiger partial charge in [-0.15, -0.1) is 11.8 Å². The van der Waals surface area contributed by atoms with Gasteiger partial charge in [0.1, 0.15) is 42.7 Å². The van der Waals surface area contributed by atoms with Crippen molar-refractivity contribution in [3.8, 4) is 0 Å². The number of carboxylic acids is 1. The summed E-state index contributed by atoms with van der Waals surface area (Å²) in [6.07, 6.45) is -14.5. The van der Waals surface area contributed by atoms with Gasteiger partial charge < -0.3 is 59.5 Å². The molecule has 2 rings (SSSR count). The molecule has 1 unspecified atom stereocenters. The fourth-order valence-electron chi connectivity index (χ4n) is 3.04. The number of methoxy groups -OCH3 is 1. The molecule has 2 aliphatic heterocycles. The number of aliphatic hydroxyl groups is 6. The molecule has 0 spiro atoms. The minimum absolute atomic E-state index is 0. The van der Waals surface area contributed by atoms with E-state index >= 15 is 0 Å². The van der Waals surface area contributed by atoms with Crippen LogP contribution in [0.4, 0.5) is 0 Å². The van der Waals surface area contributed by atoms with Crippen LogP contribution >= 0.6 is 11.8 Å². The monoisotopic (exact) mass is 466 g/mol. The molecule has 0 aromatic heterocycles. The molecule has 0 saturated carbocycles. The van der Waals surface area contributed by atoms with Crippen LogP contribution in [0.2, 0.25) is 0 Å². The quantitative estimate of drug-likeness (QED) is 0.185. The van der Waals surface area contributed by atoms with Crippen LogP contribution in [0.1, 0.15) is 6.92 Å². The van der Waals surface area contributed by atoms with E-state index in [1.807, 2.05) is 0 Å². The van der Waals surface area contributed by atoms with Crippen LogP contribution in [0.25, 0.3) is 0 Å². The third-order valence-corrected chi connectivity index (χ3v) is 6.07. The van der Waals surface area contributed by atoms with E-state index in [9.17, 15) is 40.5 Å². The molecule has 0 amide bonds. The molecule has 0 bridgehead atoms. The summed E-state index contributed by atoms with van der Waals surface area (Å²) in [5, 5.41) is 70.2. The summed E-state index contributed by atoms with van der Waals surface area (Å²) < 4.78 is 21.1. The van der Waals surface area contributed by atoms with Gasteiger partial charge in [0.25, 0.3) is 0 Å². The minimum atomic E-state index is -1.73. The fraction of sp³-hybridized carbons (Fsp3) is 0.938. The summed E-state index contributed by atoms with van der Waals surface area (Å²) in [7, 11) is 1.23. The number of rotatable bonds is 8. The molecule has 0 aromatic rings. The molecular formula is C16H27NaO12S. The number of ether oxygens (including phenoxy) is 4. The average Bonchev–Trinajstić information content (AvgIpc) is 2.70. The van der Waals surface area contributed by atoms with Crippen LogP contribution in [0.15, 0.2) is 0 Å². The van der Waals surface area contributed by atoms with Crippen molar-refractivity contribution in [3.63, 3.8) is 0 Å². The van der Waals surface area contributed by atoms with E-state index in [1.54, 1.807) is 0 Å². The number of hydrogen-bond acceptors (Lipinski definition) is 13. The Morgan fingerprint density at radius 3 is 2.10 bits per heavy atom. The molecule has 11 atom stereocenters. The number of aliphatic carboxylic acids is 1. The van der Waals surface area contributed by atoms with E-state index in [0.29, 0.717) is 0 Å². The van der Waals surface area contributed by atoms with Crippen molar-refractivity contribution >= 4 is 17.7 Å². The Kier molecular flexibility index (Phi) is 12.0. The maximum atomic E-state index is 10.8. The van der Waals surface area contributed by atoms with Gasteiger partial charge in [-0.3, -0.25) is 0 Å². The Morgan fingerprint density at radius 1 is 1.00 bits per heavy atom. The van der Waals surface area contributed by atoms with E-state index < -0.39 is 79.2 Å². The smallest absolute Gasteiger partial charge is 0.549 e. The molecular weight excluding hydrogens is 439 g/mol. The maximum Gasteiger partial charge on any atom is 1.00 e. The Bertz CT molecular complexity index is 542. The Morgan fingerprint density at radius 2 is 1.57 bits per heavy atom. The van der Waals surface area contributed by atoms with Crippen molar-refractivity contribution in [3.05, 3.63) is 0 Å². The van der Waals surface area contributed by atoms with Crippen molar-refractivity contribution < 1.29 is 89.0 Å². The first-order valence-electron chi connectivity index (χ1n) is 8.95. The maximum absolute atomic E-state index is 10.8. The number of aliphatic hydroxyl groups excluding tert-OH is 6. The SMILES string of the molecule is CO[C@@H]1O[C@@H](CO)[C@@H](O[C@@H]2O[C@@H](CSC(C)C(=O)[O-])[C@H](O)[C@H](O)[C@@H]2O)[C@H](O)[C@@H]1O.[Na+]. The van der Waals surface area contributed by atoms with Crippen molar-refractivity contribution in [1.29, 1.82) is 0 Å². The number of carbonyl (C=O) groups excluding carboxylic acids is 1. The minimum Gasteiger partial charge on any atom is -0.549 e. The van der Waals surface area contributed by atoms with Crippen LogP contribution in [0.5, 0.6) is 0 Å². The second-order valence-electron chi connectivity index (χ2n) is 6.85. The fourth-order valence-corrected chi connectivity index (χ4v) is 3.93. The normalized spacial score (nSPS) is 42.9. The van der Waals surface area contributed by atoms with Crippen LogP contribution in [0, 0.1) is 0 Å². The zero-order valence-corrected chi connectivity index (χ0v) is 19.6. The molecule has 2 aliphatic rings. The molecule has 2 heterocycles. The first-order chi connectivity index (χ1) is 13.6. The van der Waals surface area contributed by atoms with Gasteiger partial charge >= 0.3 is 29.6 Å². The second-order valence-corrected chi connectivity index (χ2v) is 8.23. The second kappa shape index (κ2) is 12.6. The van der Waals surface area contributed by atoms with E-state index in [-0.39, 0.29) is 35.3 Å². The molecule has 2 fully saturated rings. The van der Waals surface area contributed by atoms with Gasteiger partial charge in [0, 0.05) is 18.1 Å². The number of thioether (sulfide) groups is 1. The van der Waals surface area contributed by atoms with Crippen LogP contribution < -0.4 is 34.7 Å². The molecule has 14 heteroatoms. The third-order valence-electron chi connectivity index (χ3n) is 4.86. The van der Waals surface area contributed by atoms with Gasteiger partial charge in [-0.1, -0.05) is 0 Å². The van der Waals surface area contributed by atoms with Gasteiger partial charge in [-0.25, -0.2) is 0 Å². The molecule has 0 aliphatic carbocycles. The van der Waals surface area contributed by atoms with Crippen molar-refractivity contribution in [2.45, 2.75) is 73.6 Å². The Labute approximate surface area is 199 Å². The molecule has 30 heavy (non-hydrogen) atoms. The summed E-state index contributed by atoms with van der Waals surface area (Å²) in [6.45, 7) is 0.758.